The van der Waals surface area contributed by atoms with Crippen molar-refractivity contribution >= 4 is 220 Å². The second-order valence-corrected chi connectivity index (χ2v) is 18.4. The molecule has 0 saturated heterocycles. The number of anilines is 2. The molecule has 2 aromatic heterocycles. The first-order valence-corrected chi connectivity index (χ1v) is 22.0. The Morgan fingerprint density at radius 3 is 1.16 bits per heavy atom. The van der Waals surface area contributed by atoms with E-state index < -0.39 is 77.6 Å². The van der Waals surface area contributed by atoms with Gasteiger partial charge in [-0.1, -0.05) is 12.1 Å². The van der Waals surface area contributed by atoms with Crippen molar-refractivity contribution in [3.05, 3.63) is 84.9 Å². The van der Waals surface area contributed by atoms with Gasteiger partial charge in [-0.2, -0.15) is 33.7 Å². The summed E-state index contributed by atoms with van der Waals surface area (Å²) in [4.78, 5) is 11.9. The summed E-state index contributed by atoms with van der Waals surface area (Å²) >= 11 is 0. The predicted molar refractivity (Wildman–Crippen MR) is 231 cm³/mol. The van der Waals surface area contributed by atoms with Gasteiger partial charge in [0.05, 0.1) is 20.6 Å². The number of hydrogen-bond acceptors (Lipinski definition) is 15. The normalized spacial score (nSPS) is 11.9. The van der Waals surface area contributed by atoms with Gasteiger partial charge in [-0.25, -0.2) is 4.79 Å². The number of phenols is 2. The third-order valence-electron chi connectivity index (χ3n) is 8.86. The molecule has 0 bridgehead atoms. The van der Waals surface area contributed by atoms with E-state index in [-0.39, 0.29) is 185 Å². The summed E-state index contributed by atoms with van der Waals surface area (Å²) in [6, 6.07) is 14.4. The van der Waals surface area contributed by atoms with E-state index >= 15 is 0 Å². The van der Waals surface area contributed by atoms with Crippen molar-refractivity contribution < 1.29 is 66.9 Å². The molecule has 0 fully saturated rings. The number of aromatic nitrogens is 6. The molecule has 0 unspecified atom stereocenters. The van der Waals surface area contributed by atoms with Crippen LogP contribution in [0.1, 0.15) is 0 Å². The Kier molecular flexibility index (Phi) is 16.3. The number of phenolic OH excluding ortho intramolecular Hbond substituents is 2. The summed E-state index contributed by atoms with van der Waals surface area (Å²) in [5.41, 5.74) is -0.965. The number of urea groups is 1. The van der Waals surface area contributed by atoms with Gasteiger partial charge in [0.25, 0.3) is 40.5 Å². The molecule has 0 aliphatic rings. The van der Waals surface area contributed by atoms with Gasteiger partial charge >= 0.3 is 6.03 Å². The van der Waals surface area contributed by atoms with E-state index in [0.717, 1.165) is 58.1 Å². The Hall–Kier alpha value is -2.85. The number of carbonyl (C=O) groups excluding carboxylic acids is 1. The first-order valence-electron chi connectivity index (χ1n) is 16.3. The maximum atomic E-state index is 13.1. The van der Waals surface area contributed by atoms with Gasteiger partial charge in [0.15, 0.2) is 0 Å². The minimum absolute atomic E-state index is 0. The number of nitrogens with one attached hydrogen (secondary N) is 2. The molecule has 8 N–H and O–H groups in total. The van der Waals surface area contributed by atoms with Gasteiger partial charge in [0.2, 0.25) is 0 Å². The first kappa shape index (κ1) is 53.8. The zero-order chi connectivity index (χ0) is 43.3. The van der Waals surface area contributed by atoms with Gasteiger partial charge in [-0.05, 0) is 71.4 Å². The molecular formula is C33H22N8Na4O15S4. The third kappa shape index (κ3) is 10.6. The molecule has 0 spiro atoms. The molecule has 8 rings (SSSR count). The van der Waals surface area contributed by atoms with Crippen LogP contribution in [0, 0.1) is 0 Å². The first-order chi connectivity index (χ1) is 28.0. The standard InChI is InChI=1S/C33H22N8O15S4.4Na/c42-25-13-19(57(45,46)47)9-15-1-5-21-31(29(15)25)38-40(36-21)23-7-3-17(11-27(23)59(51,52)53)34-33(44)35-18-4-8-24(28(12-18)60(54,55)56)41-37-22-6-2-16-10-20(58(48,49)50)14-26(43)30(16)32(22)39-41;;;;/h1-14,42-43H,(H2,34,35,44)(H,45,46,47)(H,48,49,50)(H,51,52,53)(H,54,55,56);;;;. The summed E-state index contributed by atoms with van der Waals surface area (Å²) in [5.74, 6) is -1.20. The average molecular weight is 991 g/mol. The molecule has 312 valence electrons. The number of rotatable bonds is 8. The number of amides is 2. The molecule has 0 aliphatic carbocycles. The number of nitrogens with zero attached hydrogens (tertiary/aromatic N) is 6. The molecule has 2 heterocycles. The van der Waals surface area contributed by atoms with Crippen LogP contribution in [-0.4, -0.2) is 216 Å². The van der Waals surface area contributed by atoms with Crippen molar-refractivity contribution in [2.24, 2.45) is 0 Å². The zero-order valence-corrected chi connectivity index (χ0v) is 44.5. The fourth-order valence-electron chi connectivity index (χ4n) is 6.31. The summed E-state index contributed by atoms with van der Waals surface area (Å²) < 4.78 is 136. The number of hydrogen-bond donors (Lipinski definition) is 8. The Bertz CT molecular complexity index is 3450. The predicted octanol–water partition coefficient (Wildman–Crippen LogP) is 1.98. The van der Waals surface area contributed by atoms with Crippen LogP contribution < -0.4 is 10.6 Å². The van der Waals surface area contributed by atoms with Gasteiger partial charge in [0.1, 0.15) is 54.7 Å². The van der Waals surface area contributed by atoms with Crippen LogP contribution in [0.15, 0.2) is 105 Å². The monoisotopic (exact) mass is 990 g/mol. The van der Waals surface area contributed by atoms with E-state index in [4.69, 9.17) is 0 Å². The molecule has 2 amide bonds. The molecule has 4 radical (unpaired) electrons. The molecule has 0 saturated carbocycles. The topological polar surface area (TPSA) is 360 Å². The second kappa shape index (κ2) is 19.4. The van der Waals surface area contributed by atoms with Crippen molar-refractivity contribution in [2.75, 3.05) is 10.6 Å². The van der Waals surface area contributed by atoms with E-state index in [2.05, 4.69) is 31.0 Å². The van der Waals surface area contributed by atoms with Crippen molar-refractivity contribution in [3.63, 3.8) is 0 Å². The Labute approximate surface area is 448 Å². The molecule has 64 heavy (non-hydrogen) atoms. The smallest absolute Gasteiger partial charge is 0.323 e. The molecule has 0 atom stereocenters. The Morgan fingerprint density at radius 2 is 0.828 bits per heavy atom. The molecule has 23 nitrogen and oxygen atoms in total. The maximum Gasteiger partial charge on any atom is 0.323 e. The van der Waals surface area contributed by atoms with Crippen LogP contribution >= 0.6 is 0 Å². The van der Waals surface area contributed by atoms with Gasteiger partial charge in [-0.15, -0.1) is 30.0 Å². The molecule has 31 heteroatoms. The summed E-state index contributed by atoms with van der Waals surface area (Å²) in [5, 5.41) is 42.9. The van der Waals surface area contributed by atoms with Crippen LogP contribution in [0.2, 0.25) is 0 Å². The van der Waals surface area contributed by atoms with Crippen molar-refractivity contribution in [2.45, 2.75) is 19.6 Å². The van der Waals surface area contributed by atoms with E-state index in [1.165, 1.54) is 36.4 Å². The van der Waals surface area contributed by atoms with Crippen LogP contribution in [0.25, 0.3) is 55.0 Å². The quantitative estimate of drug-likeness (QED) is 0.0797. The van der Waals surface area contributed by atoms with E-state index in [1.807, 2.05) is 0 Å². The average Bonchev–Trinajstić information content (AvgIpc) is 3.78. The fourth-order valence-corrected chi connectivity index (χ4v) is 8.76. The Balaban J connectivity index is 0.00000224. The van der Waals surface area contributed by atoms with Gasteiger partial charge in [0, 0.05) is 142 Å². The van der Waals surface area contributed by atoms with Gasteiger partial charge < -0.3 is 20.8 Å². The number of carbonyl (C=O) groups is 1. The molecule has 8 aromatic rings. The summed E-state index contributed by atoms with van der Waals surface area (Å²) in [6.45, 7) is 0. The fraction of sp³-hybridized carbons (Fsp3) is 0. The zero-order valence-electron chi connectivity index (χ0n) is 33.3. The maximum absolute atomic E-state index is 13.1. The van der Waals surface area contributed by atoms with Gasteiger partial charge in [-0.3, -0.25) is 18.2 Å². The van der Waals surface area contributed by atoms with Crippen molar-refractivity contribution in [1.82, 2.24) is 30.0 Å². The van der Waals surface area contributed by atoms with Crippen molar-refractivity contribution in [3.8, 4) is 22.9 Å². The van der Waals surface area contributed by atoms with Crippen LogP contribution in [0.5, 0.6) is 11.5 Å². The number of fused-ring (bicyclic) bond motifs is 6. The van der Waals surface area contributed by atoms with E-state index in [0.29, 0.717) is 0 Å². The van der Waals surface area contributed by atoms with Crippen LogP contribution in [-0.2, 0) is 40.5 Å². The van der Waals surface area contributed by atoms with Crippen molar-refractivity contribution in [1.29, 1.82) is 0 Å². The van der Waals surface area contributed by atoms with Crippen LogP contribution in [0.4, 0.5) is 16.2 Å². The van der Waals surface area contributed by atoms with E-state index in [1.54, 1.807) is 0 Å². The Morgan fingerprint density at radius 1 is 0.469 bits per heavy atom. The SMILES string of the molecule is O=C(Nc1ccc(-n2nc3ccc4cc(S(=O)(=O)O)cc(O)c4c3n2)c(S(=O)(=O)O)c1)Nc1ccc(-n2nc3ccc4cc(S(=O)(=O)O)cc(O)c4c3n2)c(S(=O)(=O)O)c1.[Na].[Na].[Na].[Na]. The molecular weight excluding hydrogens is 969 g/mol. The third-order valence-corrected chi connectivity index (χ3v) is 12.3. The van der Waals surface area contributed by atoms with Crippen LogP contribution in [0.3, 0.4) is 0 Å². The van der Waals surface area contributed by atoms with E-state index in [9.17, 15) is 66.9 Å². The minimum Gasteiger partial charge on any atom is -0.507 e. The summed E-state index contributed by atoms with van der Waals surface area (Å²) in [7, 11) is -19.5. The summed E-state index contributed by atoms with van der Waals surface area (Å²) in [6.07, 6.45) is 0. The largest absolute Gasteiger partial charge is 0.507 e. The number of aromatic hydroxyl groups is 2. The second-order valence-electron chi connectivity index (χ2n) is 12.8. The molecule has 0 aliphatic heterocycles. The molecule has 6 aromatic carbocycles. The minimum atomic E-state index is -5.07. The number of benzene rings is 6.